The topological polar surface area (TPSA) is 47.6 Å². The third-order valence-electron chi connectivity index (χ3n) is 4.03. The Bertz CT molecular complexity index is 742. The lowest BCUT2D eigenvalue weighted by molar-refractivity contribution is -0.116. The van der Waals surface area contributed by atoms with Crippen LogP contribution in [0, 0.1) is 5.82 Å². The van der Waals surface area contributed by atoms with Gasteiger partial charge in [0.05, 0.1) is 0 Å². The number of carbonyl (C=O) groups is 1. The van der Waals surface area contributed by atoms with Crippen LogP contribution >= 0.6 is 0 Å². The average Bonchev–Trinajstić information content (AvgIpc) is 2.53. The fraction of sp³-hybridized carbons (Fsp3) is 0.235. The molecule has 0 bridgehead atoms. The van der Waals surface area contributed by atoms with E-state index in [1.807, 2.05) is 6.07 Å². The van der Waals surface area contributed by atoms with Crippen LogP contribution in [-0.2, 0) is 4.79 Å². The molecule has 1 N–H and O–H groups in total. The molecule has 0 saturated carbocycles. The number of benzene rings is 2. The summed E-state index contributed by atoms with van der Waals surface area (Å²) < 4.78 is 24.3. The molecule has 22 heavy (non-hydrogen) atoms. The first-order valence-corrected chi connectivity index (χ1v) is 7.19. The van der Waals surface area contributed by atoms with Crippen molar-refractivity contribution in [2.75, 3.05) is 18.5 Å². The standard InChI is InChI=1S/C17H14FNO3/c18-11-3-1-10(2-4-11)12-8-17(20)19-14-9-16-15(7-13(12)14)21-5-6-22-16/h1-4,7,9,12H,5-6,8H2,(H,19,20). The summed E-state index contributed by atoms with van der Waals surface area (Å²) in [5.41, 5.74) is 2.61. The maximum absolute atomic E-state index is 13.1. The second-order valence-electron chi connectivity index (χ2n) is 5.44. The molecule has 2 aromatic rings. The molecule has 5 heteroatoms. The Hall–Kier alpha value is -2.56. The summed E-state index contributed by atoms with van der Waals surface area (Å²) in [6, 6.07) is 9.99. The lowest BCUT2D eigenvalue weighted by atomic mass is 9.84. The van der Waals surface area contributed by atoms with Crippen LogP contribution in [0.4, 0.5) is 10.1 Å². The summed E-state index contributed by atoms with van der Waals surface area (Å²) in [4.78, 5) is 12.0. The minimum absolute atomic E-state index is 0.0569. The number of hydrogen-bond donors (Lipinski definition) is 1. The molecule has 0 aromatic heterocycles. The molecule has 1 unspecified atom stereocenters. The molecule has 0 radical (unpaired) electrons. The first-order chi connectivity index (χ1) is 10.7. The van der Waals surface area contributed by atoms with Crippen LogP contribution in [0.3, 0.4) is 0 Å². The van der Waals surface area contributed by atoms with Crippen molar-refractivity contribution in [3.05, 3.63) is 53.3 Å². The summed E-state index contributed by atoms with van der Waals surface area (Å²) >= 11 is 0. The first-order valence-electron chi connectivity index (χ1n) is 7.19. The van der Waals surface area contributed by atoms with Gasteiger partial charge in [0.2, 0.25) is 5.91 Å². The zero-order valence-electron chi connectivity index (χ0n) is 11.8. The second kappa shape index (κ2) is 5.02. The van der Waals surface area contributed by atoms with E-state index in [1.165, 1.54) is 12.1 Å². The van der Waals surface area contributed by atoms with Crippen molar-refractivity contribution in [2.45, 2.75) is 12.3 Å². The van der Waals surface area contributed by atoms with Crippen molar-refractivity contribution in [1.82, 2.24) is 0 Å². The first kappa shape index (κ1) is 13.1. The van der Waals surface area contributed by atoms with Crippen LogP contribution in [0.25, 0.3) is 0 Å². The van der Waals surface area contributed by atoms with Gasteiger partial charge in [-0.15, -0.1) is 0 Å². The lowest BCUT2D eigenvalue weighted by Crippen LogP contribution is -2.24. The fourth-order valence-corrected chi connectivity index (χ4v) is 2.99. The Balaban J connectivity index is 1.82. The molecule has 1 atom stereocenters. The zero-order chi connectivity index (χ0) is 15.1. The van der Waals surface area contributed by atoms with Gasteiger partial charge in [-0.25, -0.2) is 4.39 Å². The molecule has 0 aliphatic carbocycles. The molecule has 0 spiro atoms. The van der Waals surface area contributed by atoms with Gasteiger partial charge in [-0.1, -0.05) is 12.1 Å². The van der Waals surface area contributed by atoms with E-state index >= 15 is 0 Å². The Kier molecular flexibility index (Phi) is 2.99. The number of carbonyl (C=O) groups excluding carboxylic acids is 1. The molecular weight excluding hydrogens is 285 g/mol. The number of nitrogens with one attached hydrogen (secondary N) is 1. The molecule has 2 aliphatic rings. The van der Waals surface area contributed by atoms with E-state index in [4.69, 9.17) is 9.47 Å². The summed E-state index contributed by atoms with van der Waals surface area (Å²) in [6.45, 7) is 1.01. The Labute approximate surface area is 126 Å². The number of fused-ring (bicyclic) bond motifs is 2. The van der Waals surface area contributed by atoms with Gasteiger partial charge in [-0.3, -0.25) is 4.79 Å². The van der Waals surface area contributed by atoms with E-state index in [9.17, 15) is 9.18 Å². The van der Waals surface area contributed by atoms with Crippen molar-refractivity contribution >= 4 is 11.6 Å². The van der Waals surface area contributed by atoms with Crippen LogP contribution in [0.2, 0.25) is 0 Å². The SMILES string of the molecule is O=C1CC(c2ccc(F)cc2)c2cc3c(cc2N1)OCCO3. The number of amides is 1. The van der Waals surface area contributed by atoms with Crippen LogP contribution in [0.1, 0.15) is 23.5 Å². The third kappa shape index (κ3) is 2.19. The van der Waals surface area contributed by atoms with Crippen LogP contribution in [-0.4, -0.2) is 19.1 Å². The van der Waals surface area contributed by atoms with Gasteiger partial charge >= 0.3 is 0 Å². The molecular formula is C17H14FNO3. The summed E-state index contributed by atoms with van der Waals surface area (Å²) in [5.74, 6) is 0.878. The number of anilines is 1. The number of ether oxygens (including phenoxy) is 2. The fourth-order valence-electron chi connectivity index (χ4n) is 2.99. The van der Waals surface area contributed by atoms with Gasteiger partial charge in [0.1, 0.15) is 19.0 Å². The van der Waals surface area contributed by atoms with Gasteiger partial charge in [-0.05, 0) is 29.3 Å². The lowest BCUT2D eigenvalue weighted by Gasteiger charge is -2.28. The van der Waals surface area contributed by atoms with Gasteiger partial charge in [-0.2, -0.15) is 0 Å². The highest BCUT2D eigenvalue weighted by Gasteiger charge is 2.29. The number of hydrogen-bond acceptors (Lipinski definition) is 3. The van der Waals surface area contributed by atoms with Crippen molar-refractivity contribution in [1.29, 1.82) is 0 Å². The number of halogens is 1. The van der Waals surface area contributed by atoms with Crippen molar-refractivity contribution in [3.8, 4) is 11.5 Å². The summed E-state index contributed by atoms with van der Waals surface area (Å²) in [5, 5.41) is 2.87. The zero-order valence-corrected chi connectivity index (χ0v) is 11.8. The van der Waals surface area contributed by atoms with E-state index in [2.05, 4.69) is 5.32 Å². The second-order valence-corrected chi connectivity index (χ2v) is 5.44. The van der Waals surface area contributed by atoms with Crippen molar-refractivity contribution in [3.63, 3.8) is 0 Å². The predicted octanol–water partition coefficient (Wildman–Crippen LogP) is 3.07. The van der Waals surface area contributed by atoms with Crippen molar-refractivity contribution < 1.29 is 18.7 Å². The van der Waals surface area contributed by atoms with Crippen LogP contribution in [0.15, 0.2) is 36.4 Å². The Morgan fingerprint density at radius 1 is 1.05 bits per heavy atom. The maximum Gasteiger partial charge on any atom is 0.225 e. The molecule has 112 valence electrons. The molecule has 4 nitrogen and oxygen atoms in total. The molecule has 4 rings (SSSR count). The maximum atomic E-state index is 13.1. The van der Waals surface area contributed by atoms with E-state index in [1.54, 1.807) is 18.2 Å². The molecule has 2 aromatic carbocycles. The van der Waals surface area contributed by atoms with E-state index in [-0.39, 0.29) is 17.6 Å². The van der Waals surface area contributed by atoms with E-state index in [0.29, 0.717) is 31.1 Å². The average molecular weight is 299 g/mol. The largest absolute Gasteiger partial charge is 0.486 e. The highest BCUT2D eigenvalue weighted by molar-refractivity contribution is 5.96. The molecule has 2 aliphatic heterocycles. The highest BCUT2D eigenvalue weighted by atomic mass is 19.1. The van der Waals surface area contributed by atoms with E-state index < -0.39 is 0 Å². The minimum atomic E-state index is -0.286. The van der Waals surface area contributed by atoms with Crippen LogP contribution < -0.4 is 14.8 Å². The van der Waals surface area contributed by atoms with Gasteiger partial charge in [0.15, 0.2) is 11.5 Å². The Morgan fingerprint density at radius 2 is 1.73 bits per heavy atom. The van der Waals surface area contributed by atoms with Gasteiger partial charge in [0, 0.05) is 24.1 Å². The summed E-state index contributed by atoms with van der Waals surface area (Å²) in [7, 11) is 0. The molecule has 0 saturated heterocycles. The predicted molar refractivity (Wildman–Crippen MR) is 78.9 cm³/mol. The van der Waals surface area contributed by atoms with E-state index in [0.717, 1.165) is 16.8 Å². The van der Waals surface area contributed by atoms with Gasteiger partial charge < -0.3 is 14.8 Å². The quantitative estimate of drug-likeness (QED) is 0.880. The highest BCUT2D eigenvalue weighted by Crippen LogP contribution is 2.43. The molecule has 1 amide bonds. The number of rotatable bonds is 1. The smallest absolute Gasteiger partial charge is 0.225 e. The van der Waals surface area contributed by atoms with Crippen molar-refractivity contribution in [2.24, 2.45) is 0 Å². The molecule has 2 heterocycles. The van der Waals surface area contributed by atoms with Gasteiger partial charge in [0.25, 0.3) is 0 Å². The van der Waals surface area contributed by atoms with Crippen LogP contribution in [0.5, 0.6) is 11.5 Å². The Morgan fingerprint density at radius 3 is 2.45 bits per heavy atom. The summed E-state index contributed by atoms with van der Waals surface area (Å²) in [6.07, 6.45) is 0.332. The minimum Gasteiger partial charge on any atom is -0.486 e. The third-order valence-corrected chi connectivity index (χ3v) is 4.03. The monoisotopic (exact) mass is 299 g/mol. The molecule has 0 fully saturated rings. The normalized spacial score (nSPS) is 19.3.